The first-order valence-corrected chi connectivity index (χ1v) is 31.1. The van der Waals surface area contributed by atoms with Gasteiger partial charge >= 0.3 is 0 Å². The third-order valence-corrected chi connectivity index (χ3v) is 15.0. The van der Waals surface area contributed by atoms with Crippen molar-refractivity contribution in [3.8, 4) is 0 Å². The van der Waals surface area contributed by atoms with E-state index in [4.69, 9.17) is 9.47 Å². The second-order valence-corrected chi connectivity index (χ2v) is 21.9. The normalized spacial score (nSPS) is 19.3. The first kappa shape index (κ1) is 67.7. The van der Waals surface area contributed by atoms with Crippen molar-refractivity contribution >= 4 is 5.91 Å². The van der Waals surface area contributed by atoms with Crippen molar-refractivity contribution in [1.29, 1.82) is 0 Å². The number of carbonyl (C=O) groups is 1. The van der Waals surface area contributed by atoms with Crippen LogP contribution in [0, 0.1) is 0 Å². The molecule has 7 unspecified atom stereocenters. The monoisotopic (exact) mass is 1010 g/mol. The highest BCUT2D eigenvalue weighted by Gasteiger charge is 2.44. The summed E-state index contributed by atoms with van der Waals surface area (Å²) in [5, 5.41) is 54.6. The summed E-state index contributed by atoms with van der Waals surface area (Å²) in [5.41, 5.74) is 0. The average molecular weight is 1010 g/mol. The molecule has 420 valence electrons. The van der Waals surface area contributed by atoms with Gasteiger partial charge in [0.25, 0.3) is 0 Å². The first-order valence-electron chi connectivity index (χ1n) is 31.1. The molecule has 71 heavy (non-hydrogen) atoms. The molecule has 6 N–H and O–H groups in total. The highest BCUT2D eigenvalue weighted by Crippen LogP contribution is 2.23. The molecule has 0 aromatic carbocycles. The minimum Gasteiger partial charge on any atom is -0.394 e. The van der Waals surface area contributed by atoms with Gasteiger partial charge in [0.15, 0.2) is 6.29 Å². The van der Waals surface area contributed by atoms with Crippen molar-refractivity contribution in [2.75, 3.05) is 13.2 Å². The highest BCUT2D eigenvalue weighted by molar-refractivity contribution is 5.76. The Morgan fingerprint density at radius 3 is 1.14 bits per heavy atom. The second-order valence-electron chi connectivity index (χ2n) is 21.9. The van der Waals surface area contributed by atoms with Crippen molar-refractivity contribution in [3.05, 3.63) is 24.3 Å². The van der Waals surface area contributed by atoms with Crippen LogP contribution in [0.5, 0.6) is 0 Å². The number of carbonyl (C=O) groups excluding carboxylic acids is 1. The Hall–Kier alpha value is -1.33. The van der Waals surface area contributed by atoms with E-state index in [0.717, 1.165) is 38.5 Å². The summed E-state index contributed by atoms with van der Waals surface area (Å²) in [6.07, 6.45) is 59.7. The van der Waals surface area contributed by atoms with Gasteiger partial charge in [0.2, 0.25) is 5.91 Å². The number of hydrogen-bond donors (Lipinski definition) is 6. The van der Waals surface area contributed by atoms with Crippen LogP contribution in [0.3, 0.4) is 0 Å². The minimum absolute atomic E-state index is 0.173. The summed E-state index contributed by atoms with van der Waals surface area (Å²) in [6.45, 7) is 3.82. The number of nitrogens with one attached hydrogen (secondary N) is 1. The number of aliphatic hydroxyl groups excluding tert-OH is 5. The molecule has 0 aromatic heterocycles. The Bertz CT molecular complexity index is 1170. The Labute approximate surface area is 439 Å². The molecule has 1 saturated heterocycles. The van der Waals surface area contributed by atoms with Crippen LogP contribution >= 0.6 is 0 Å². The molecular weight excluding hydrogens is 887 g/mol. The van der Waals surface area contributed by atoms with Crippen molar-refractivity contribution < 1.29 is 39.8 Å². The van der Waals surface area contributed by atoms with Gasteiger partial charge in [-0.1, -0.05) is 282 Å². The number of aliphatic hydroxyl groups is 5. The fourth-order valence-electron chi connectivity index (χ4n) is 10.1. The predicted octanol–water partition coefficient (Wildman–Crippen LogP) is 15.7. The number of amides is 1. The topological polar surface area (TPSA) is 149 Å². The molecule has 7 atom stereocenters. The standard InChI is InChI=1S/C62H119NO8/c1-3-5-7-9-11-13-15-17-19-21-23-25-27-28-30-31-33-35-37-39-41-43-45-47-49-51-56(65)55(54-70-62-61(69)60(68)59(67)57(53-64)71-62)63-58(66)52-50-48-46-44-42-40-38-36-34-32-29-26-24-22-20-18-16-14-12-10-8-6-4-2/h22,24,49,51,55-57,59-62,64-65,67-69H,3-21,23,25-48,50,52-54H2,1-2H3,(H,63,66)/b24-22-,51-49+. The smallest absolute Gasteiger partial charge is 0.220 e. The van der Waals surface area contributed by atoms with E-state index in [1.54, 1.807) is 6.08 Å². The van der Waals surface area contributed by atoms with Gasteiger partial charge in [-0.15, -0.1) is 0 Å². The Morgan fingerprint density at radius 1 is 0.465 bits per heavy atom. The predicted molar refractivity (Wildman–Crippen MR) is 300 cm³/mol. The van der Waals surface area contributed by atoms with Crippen LogP contribution in [0.15, 0.2) is 24.3 Å². The van der Waals surface area contributed by atoms with E-state index in [-0.39, 0.29) is 12.5 Å². The Balaban J connectivity index is 2.19. The van der Waals surface area contributed by atoms with Crippen LogP contribution in [-0.2, 0) is 14.3 Å². The number of hydrogen-bond acceptors (Lipinski definition) is 8. The maximum atomic E-state index is 13.1. The summed E-state index contributed by atoms with van der Waals surface area (Å²) < 4.78 is 11.3. The molecule has 0 bridgehead atoms. The summed E-state index contributed by atoms with van der Waals surface area (Å²) in [7, 11) is 0. The highest BCUT2D eigenvalue weighted by atomic mass is 16.7. The average Bonchev–Trinajstić information content (AvgIpc) is 3.37. The van der Waals surface area contributed by atoms with E-state index in [0.29, 0.717) is 6.42 Å². The van der Waals surface area contributed by atoms with Crippen LogP contribution in [0.2, 0.25) is 0 Å². The van der Waals surface area contributed by atoms with Gasteiger partial charge in [-0.05, 0) is 44.9 Å². The van der Waals surface area contributed by atoms with E-state index >= 15 is 0 Å². The molecular formula is C62H119NO8. The molecule has 1 aliphatic heterocycles. The minimum atomic E-state index is -1.57. The largest absolute Gasteiger partial charge is 0.394 e. The van der Waals surface area contributed by atoms with Crippen LogP contribution in [-0.4, -0.2) is 87.5 Å². The summed E-state index contributed by atoms with van der Waals surface area (Å²) >= 11 is 0. The first-order chi connectivity index (χ1) is 34.8. The van der Waals surface area contributed by atoms with Gasteiger partial charge in [-0.2, -0.15) is 0 Å². The molecule has 0 aromatic rings. The molecule has 9 heteroatoms. The number of rotatable bonds is 54. The van der Waals surface area contributed by atoms with Crippen LogP contribution in [0.4, 0.5) is 0 Å². The summed E-state index contributed by atoms with van der Waals surface area (Å²) in [4.78, 5) is 13.1. The zero-order chi connectivity index (χ0) is 51.5. The lowest BCUT2D eigenvalue weighted by Crippen LogP contribution is -2.60. The molecule has 1 aliphatic rings. The van der Waals surface area contributed by atoms with Crippen molar-refractivity contribution in [2.24, 2.45) is 0 Å². The maximum absolute atomic E-state index is 13.1. The van der Waals surface area contributed by atoms with Gasteiger partial charge < -0.3 is 40.3 Å². The van der Waals surface area contributed by atoms with Gasteiger partial charge in [0, 0.05) is 6.42 Å². The van der Waals surface area contributed by atoms with Crippen molar-refractivity contribution in [2.45, 2.75) is 352 Å². The Morgan fingerprint density at radius 2 is 0.789 bits per heavy atom. The van der Waals surface area contributed by atoms with Gasteiger partial charge in [0.05, 0.1) is 25.4 Å². The van der Waals surface area contributed by atoms with Crippen molar-refractivity contribution in [3.63, 3.8) is 0 Å². The van der Waals surface area contributed by atoms with E-state index in [1.165, 1.54) is 250 Å². The van der Waals surface area contributed by atoms with Gasteiger partial charge in [-0.3, -0.25) is 4.79 Å². The second kappa shape index (κ2) is 52.1. The zero-order valence-electron chi connectivity index (χ0n) is 46.8. The lowest BCUT2D eigenvalue weighted by molar-refractivity contribution is -0.302. The molecule has 1 rings (SSSR count). The fourth-order valence-corrected chi connectivity index (χ4v) is 10.1. The number of ether oxygens (including phenoxy) is 2. The SMILES string of the molecule is CCCCCCCCCC/C=C\CCCCCCCCCCCCCC(=O)NC(COC1OC(CO)C(O)C(O)C1O)C(O)/C=C/CCCCCCCCCCCCCCCCCCCCCCCCC. The maximum Gasteiger partial charge on any atom is 0.220 e. The van der Waals surface area contributed by atoms with Gasteiger partial charge in [0.1, 0.15) is 24.4 Å². The zero-order valence-corrected chi connectivity index (χ0v) is 46.8. The van der Waals surface area contributed by atoms with Crippen molar-refractivity contribution in [1.82, 2.24) is 5.32 Å². The molecule has 0 radical (unpaired) electrons. The quantitative estimate of drug-likeness (QED) is 0.0261. The van der Waals surface area contributed by atoms with E-state index in [9.17, 15) is 30.3 Å². The van der Waals surface area contributed by atoms with E-state index in [1.807, 2.05) is 6.08 Å². The fraction of sp³-hybridized carbons (Fsp3) is 0.919. The summed E-state index contributed by atoms with van der Waals surface area (Å²) in [6, 6.07) is -0.804. The van der Waals surface area contributed by atoms with Crippen LogP contribution < -0.4 is 5.32 Å². The van der Waals surface area contributed by atoms with E-state index in [2.05, 4.69) is 31.3 Å². The number of allylic oxidation sites excluding steroid dienone is 3. The molecule has 9 nitrogen and oxygen atoms in total. The number of unbranched alkanes of at least 4 members (excludes halogenated alkanes) is 42. The van der Waals surface area contributed by atoms with Crippen LogP contribution in [0.25, 0.3) is 0 Å². The molecule has 0 aliphatic carbocycles. The molecule has 1 fully saturated rings. The molecule has 0 saturated carbocycles. The third kappa shape index (κ3) is 41.6. The molecule has 1 amide bonds. The Kier molecular flexibility index (Phi) is 49.7. The lowest BCUT2D eigenvalue weighted by atomic mass is 9.99. The van der Waals surface area contributed by atoms with Gasteiger partial charge in [-0.25, -0.2) is 0 Å². The van der Waals surface area contributed by atoms with E-state index < -0.39 is 49.5 Å². The van der Waals surface area contributed by atoms with Crippen LogP contribution in [0.1, 0.15) is 309 Å². The molecule has 0 spiro atoms. The molecule has 1 heterocycles. The lowest BCUT2D eigenvalue weighted by Gasteiger charge is -2.40. The third-order valence-electron chi connectivity index (χ3n) is 15.0. The summed E-state index contributed by atoms with van der Waals surface area (Å²) in [5.74, 6) is -0.173.